The Morgan fingerprint density at radius 2 is 1.96 bits per heavy atom. The van der Waals surface area contributed by atoms with Crippen LogP contribution in [-0.4, -0.2) is 45.5 Å². The zero-order valence-corrected chi connectivity index (χ0v) is 14.1. The van der Waals surface area contributed by atoms with Crippen LogP contribution in [0.3, 0.4) is 0 Å². The van der Waals surface area contributed by atoms with Gasteiger partial charge in [-0.2, -0.15) is 4.31 Å². The van der Waals surface area contributed by atoms with Crippen molar-refractivity contribution in [1.29, 1.82) is 0 Å². The average molecular weight is 342 g/mol. The Kier molecular flexibility index (Phi) is 4.89. The third kappa shape index (κ3) is 3.84. The second-order valence-electron chi connectivity index (χ2n) is 6.33. The lowest BCUT2D eigenvalue weighted by Crippen LogP contribution is -2.45. The van der Waals surface area contributed by atoms with Crippen molar-refractivity contribution >= 4 is 10.0 Å². The van der Waals surface area contributed by atoms with Gasteiger partial charge in [-0.1, -0.05) is 0 Å². The molecule has 3 rings (SSSR count). The van der Waals surface area contributed by atoms with Crippen molar-refractivity contribution in [1.82, 2.24) is 9.62 Å². The fourth-order valence-corrected chi connectivity index (χ4v) is 4.39. The van der Waals surface area contributed by atoms with Gasteiger partial charge in [-0.15, -0.1) is 0 Å². The van der Waals surface area contributed by atoms with Gasteiger partial charge in [0.25, 0.3) is 0 Å². The van der Waals surface area contributed by atoms with Crippen LogP contribution in [-0.2, 0) is 10.0 Å². The summed E-state index contributed by atoms with van der Waals surface area (Å²) in [4.78, 5) is -0.0137. The molecule has 1 N–H and O–H groups in total. The fourth-order valence-electron chi connectivity index (χ4n) is 2.91. The summed E-state index contributed by atoms with van der Waals surface area (Å²) in [7, 11) is -2.29. The molecule has 1 heterocycles. The van der Waals surface area contributed by atoms with Crippen molar-refractivity contribution in [2.24, 2.45) is 5.92 Å². The molecule has 1 aromatic carbocycles. The summed E-state index contributed by atoms with van der Waals surface area (Å²) in [6.45, 7) is 1.98. The van der Waals surface area contributed by atoms with Crippen molar-refractivity contribution in [2.75, 3.05) is 26.7 Å². The van der Waals surface area contributed by atoms with E-state index in [0.29, 0.717) is 19.1 Å². The molecule has 2 aliphatic rings. The normalized spacial score (nSPS) is 20.6. The summed E-state index contributed by atoms with van der Waals surface area (Å²) in [6.07, 6.45) is 4.21. The molecule has 0 radical (unpaired) electrons. The molecular weight excluding hydrogens is 319 g/mol. The monoisotopic (exact) mass is 342 g/mol. The number of hydrogen-bond acceptors (Lipinski definition) is 4. The standard InChI is InChI=1S/C16H23FN2O3S/c1-22-16-5-4-14(10-15(16)17)23(20,21)19-8-6-13(7-9-19)18-11-12-2-3-12/h4-5,10,12-13,18H,2-3,6-9,11H2,1H3. The predicted molar refractivity (Wildman–Crippen MR) is 85.5 cm³/mol. The molecule has 128 valence electrons. The molecule has 0 atom stereocenters. The number of nitrogens with zero attached hydrogens (tertiary/aromatic N) is 1. The van der Waals surface area contributed by atoms with E-state index >= 15 is 0 Å². The van der Waals surface area contributed by atoms with Crippen LogP contribution in [0.15, 0.2) is 23.1 Å². The van der Waals surface area contributed by atoms with E-state index in [9.17, 15) is 12.8 Å². The lowest BCUT2D eigenvalue weighted by Gasteiger charge is -2.31. The number of sulfonamides is 1. The number of methoxy groups -OCH3 is 1. The number of benzene rings is 1. The van der Waals surface area contributed by atoms with Crippen LogP contribution in [0.5, 0.6) is 5.75 Å². The van der Waals surface area contributed by atoms with Gasteiger partial charge in [-0.05, 0) is 56.3 Å². The minimum absolute atomic E-state index is 0.0137. The molecule has 5 nitrogen and oxygen atoms in total. The molecule has 0 aromatic heterocycles. The topological polar surface area (TPSA) is 58.6 Å². The summed E-state index contributed by atoms with van der Waals surface area (Å²) in [6, 6.07) is 4.17. The van der Waals surface area contributed by atoms with Gasteiger partial charge in [-0.25, -0.2) is 12.8 Å². The van der Waals surface area contributed by atoms with Crippen molar-refractivity contribution in [3.63, 3.8) is 0 Å². The zero-order chi connectivity index (χ0) is 16.4. The van der Waals surface area contributed by atoms with Gasteiger partial charge in [0.05, 0.1) is 12.0 Å². The number of hydrogen-bond donors (Lipinski definition) is 1. The second kappa shape index (κ2) is 6.75. The average Bonchev–Trinajstić information content (AvgIpc) is 3.37. The predicted octanol–water partition coefficient (Wildman–Crippen LogP) is 1.99. The number of ether oxygens (including phenoxy) is 1. The Bertz CT molecular complexity index is 653. The Hall–Kier alpha value is -1.18. The summed E-state index contributed by atoms with van der Waals surface area (Å²) in [5.41, 5.74) is 0. The molecule has 1 saturated carbocycles. The van der Waals surface area contributed by atoms with Crippen LogP contribution in [0, 0.1) is 11.7 Å². The highest BCUT2D eigenvalue weighted by Gasteiger charge is 2.30. The van der Waals surface area contributed by atoms with Gasteiger partial charge < -0.3 is 10.1 Å². The maximum absolute atomic E-state index is 13.8. The minimum Gasteiger partial charge on any atom is -0.494 e. The maximum Gasteiger partial charge on any atom is 0.243 e. The largest absolute Gasteiger partial charge is 0.494 e. The molecule has 1 aromatic rings. The zero-order valence-electron chi connectivity index (χ0n) is 13.3. The first-order valence-electron chi connectivity index (χ1n) is 8.08. The van der Waals surface area contributed by atoms with E-state index in [1.165, 1.54) is 36.4 Å². The third-order valence-corrected chi connectivity index (χ3v) is 6.50. The fraction of sp³-hybridized carbons (Fsp3) is 0.625. The van der Waals surface area contributed by atoms with E-state index in [-0.39, 0.29) is 10.6 Å². The van der Waals surface area contributed by atoms with Crippen molar-refractivity contribution in [3.8, 4) is 5.75 Å². The van der Waals surface area contributed by atoms with Crippen LogP contribution in [0.25, 0.3) is 0 Å². The number of piperidine rings is 1. The second-order valence-corrected chi connectivity index (χ2v) is 8.26. The van der Waals surface area contributed by atoms with E-state index in [4.69, 9.17) is 4.74 Å². The van der Waals surface area contributed by atoms with Gasteiger partial charge in [-0.3, -0.25) is 0 Å². The molecule has 7 heteroatoms. The van der Waals surface area contributed by atoms with Gasteiger partial charge in [0.1, 0.15) is 0 Å². The summed E-state index contributed by atoms with van der Waals surface area (Å²) in [5.74, 6) is 0.209. The maximum atomic E-state index is 13.8. The number of rotatable bonds is 6. The van der Waals surface area contributed by atoms with Crippen LogP contribution in [0.2, 0.25) is 0 Å². The van der Waals surface area contributed by atoms with Gasteiger partial charge in [0.2, 0.25) is 10.0 Å². The van der Waals surface area contributed by atoms with E-state index < -0.39 is 15.8 Å². The minimum atomic E-state index is -3.64. The highest BCUT2D eigenvalue weighted by Crippen LogP contribution is 2.29. The Morgan fingerprint density at radius 3 is 2.52 bits per heavy atom. The van der Waals surface area contributed by atoms with Crippen molar-refractivity contribution < 1.29 is 17.5 Å². The van der Waals surface area contributed by atoms with Gasteiger partial charge >= 0.3 is 0 Å². The first-order chi connectivity index (χ1) is 11.0. The van der Waals surface area contributed by atoms with Crippen LogP contribution in [0.1, 0.15) is 25.7 Å². The van der Waals surface area contributed by atoms with E-state index in [0.717, 1.165) is 31.4 Å². The molecule has 1 aliphatic heterocycles. The van der Waals surface area contributed by atoms with Crippen LogP contribution in [0.4, 0.5) is 4.39 Å². The smallest absolute Gasteiger partial charge is 0.243 e. The first-order valence-corrected chi connectivity index (χ1v) is 9.52. The lowest BCUT2D eigenvalue weighted by molar-refractivity contribution is 0.288. The van der Waals surface area contributed by atoms with Gasteiger partial charge in [0.15, 0.2) is 11.6 Å². The van der Waals surface area contributed by atoms with Crippen LogP contribution < -0.4 is 10.1 Å². The summed E-state index contributed by atoms with van der Waals surface area (Å²) < 4.78 is 45.3. The van der Waals surface area contributed by atoms with E-state index in [1.54, 1.807) is 0 Å². The number of halogens is 1. The van der Waals surface area contributed by atoms with E-state index in [2.05, 4.69) is 5.32 Å². The Labute approximate surface area is 136 Å². The van der Waals surface area contributed by atoms with Gasteiger partial charge in [0, 0.05) is 19.1 Å². The molecule has 1 aliphatic carbocycles. The SMILES string of the molecule is COc1ccc(S(=O)(=O)N2CCC(NCC3CC3)CC2)cc1F. The van der Waals surface area contributed by atoms with Crippen molar-refractivity contribution in [2.45, 2.75) is 36.6 Å². The molecule has 0 amide bonds. The lowest BCUT2D eigenvalue weighted by atomic mass is 10.1. The molecule has 1 saturated heterocycles. The molecule has 2 fully saturated rings. The third-order valence-electron chi connectivity index (χ3n) is 4.61. The molecular formula is C16H23FN2O3S. The quantitative estimate of drug-likeness (QED) is 0.859. The Morgan fingerprint density at radius 1 is 1.26 bits per heavy atom. The number of nitrogens with one attached hydrogen (secondary N) is 1. The van der Waals surface area contributed by atoms with Crippen molar-refractivity contribution in [3.05, 3.63) is 24.0 Å². The molecule has 0 bridgehead atoms. The first kappa shape index (κ1) is 16.7. The van der Waals surface area contributed by atoms with Crippen LogP contribution >= 0.6 is 0 Å². The molecule has 0 unspecified atom stereocenters. The molecule has 0 spiro atoms. The molecule has 23 heavy (non-hydrogen) atoms. The summed E-state index contributed by atoms with van der Waals surface area (Å²) >= 11 is 0. The highest BCUT2D eigenvalue weighted by molar-refractivity contribution is 7.89. The highest BCUT2D eigenvalue weighted by atomic mass is 32.2. The van der Waals surface area contributed by atoms with E-state index in [1.807, 2.05) is 0 Å². The summed E-state index contributed by atoms with van der Waals surface area (Å²) in [5, 5.41) is 3.52. The Balaban J connectivity index is 1.62.